The van der Waals surface area contributed by atoms with E-state index >= 15 is 0 Å². The molecule has 1 aromatic rings. The molecule has 3 N–H and O–H groups in total. The van der Waals surface area contributed by atoms with Gasteiger partial charge in [-0.05, 0) is 39.5 Å². The van der Waals surface area contributed by atoms with Gasteiger partial charge in [-0.3, -0.25) is 14.9 Å². The number of aliphatic hydroxyl groups is 1. The molecule has 2 rings (SSSR count). The molecule has 1 aliphatic rings. The van der Waals surface area contributed by atoms with Crippen molar-refractivity contribution in [2.75, 3.05) is 5.32 Å². The first-order valence-corrected chi connectivity index (χ1v) is 8.19. The van der Waals surface area contributed by atoms with Crippen molar-refractivity contribution >= 4 is 28.9 Å². The Labute approximate surface area is 144 Å². The number of hydrogen-bond donors (Lipinski definition) is 3. The molecule has 0 saturated heterocycles. The van der Waals surface area contributed by atoms with Crippen molar-refractivity contribution in [2.45, 2.75) is 57.2 Å². The van der Waals surface area contributed by atoms with E-state index < -0.39 is 10.5 Å². The number of halogens is 1. The summed E-state index contributed by atoms with van der Waals surface area (Å²) in [4.78, 5) is 26.3. The highest BCUT2D eigenvalue weighted by Gasteiger charge is 2.40. The lowest BCUT2D eigenvalue weighted by molar-refractivity contribution is -0.384. The monoisotopic (exact) mass is 356 g/mol. The third-order valence-electron chi connectivity index (χ3n) is 4.06. The summed E-state index contributed by atoms with van der Waals surface area (Å²) in [5.41, 5.74) is -1.25. The quantitative estimate of drug-likeness (QED) is 0.423. The van der Waals surface area contributed by atoms with E-state index in [1.807, 2.05) is 13.8 Å². The van der Waals surface area contributed by atoms with Crippen LogP contribution >= 0.6 is 11.6 Å². The van der Waals surface area contributed by atoms with E-state index in [0.717, 1.165) is 6.20 Å². The predicted octanol–water partition coefficient (Wildman–Crippen LogP) is 2.25. The topological polar surface area (TPSA) is 117 Å². The molecule has 1 heterocycles. The molecule has 0 bridgehead atoms. The van der Waals surface area contributed by atoms with E-state index in [-0.39, 0.29) is 41.7 Å². The summed E-state index contributed by atoms with van der Waals surface area (Å²) >= 11 is 5.81. The summed E-state index contributed by atoms with van der Waals surface area (Å²) < 4.78 is 0. The maximum absolute atomic E-state index is 12.1. The van der Waals surface area contributed by atoms with Crippen molar-refractivity contribution in [3.63, 3.8) is 0 Å². The Morgan fingerprint density at radius 2 is 2.12 bits per heavy atom. The number of carbonyl (C=O) groups excluding carboxylic acids is 1. The Bertz CT molecular complexity index is 630. The number of nitro groups is 1. The smallest absolute Gasteiger partial charge is 0.310 e. The highest BCUT2D eigenvalue weighted by Crippen LogP contribution is 2.33. The molecular weight excluding hydrogens is 336 g/mol. The molecule has 132 valence electrons. The van der Waals surface area contributed by atoms with Crippen molar-refractivity contribution in [3.8, 4) is 0 Å². The molecule has 0 atom stereocenters. The molecule has 1 saturated carbocycles. The lowest BCUT2D eigenvalue weighted by atomic mass is 9.81. The summed E-state index contributed by atoms with van der Waals surface area (Å²) in [6, 6.07) is 1.28. The zero-order valence-corrected chi connectivity index (χ0v) is 14.3. The van der Waals surface area contributed by atoms with E-state index in [1.54, 1.807) is 0 Å². The number of carbonyl (C=O) groups is 1. The third kappa shape index (κ3) is 4.33. The number of nitrogens with zero attached hydrogens (tertiary/aromatic N) is 2. The minimum absolute atomic E-state index is 0.0426. The molecule has 24 heavy (non-hydrogen) atoms. The Morgan fingerprint density at radius 1 is 1.50 bits per heavy atom. The molecule has 1 aliphatic carbocycles. The van der Waals surface area contributed by atoms with Gasteiger partial charge in [0.25, 0.3) is 5.91 Å². The molecule has 0 radical (unpaired) electrons. The second kappa shape index (κ2) is 7.31. The second-order valence-corrected chi connectivity index (χ2v) is 6.75. The molecule has 0 unspecified atom stereocenters. The Hall–Kier alpha value is -1.93. The lowest BCUT2D eigenvalue weighted by Crippen LogP contribution is -2.52. The van der Waals surface area contributed by atoms with Crippen LogP contribution in [0.3, 0.4) is 0 Å². The lowest BCUT2D eigenvalue weighted by Gasteiger charge is -2.35. The maximum Gasteiger partial charge on any atom is 0.310 e. The molecule has 0 spiro atoms. The van der Waals surface area contributed by atoms with Gasteiger partial charge >= 0.3 is 5.69 Å². The van der Waals surface area contributed by atoms with Crippen LogP contribution in [-0.2, 0) is 4.79 Å². The van der Waals surface area contributed by atoms with Crippen molar-refractivity contribution in [3.05, 3.63) is 27.5 Å². The molecule has 0 aromatic carbocycles. The fourth-order valence-electron chi connectivity index (χ4n) is 2.77. The average Bonchev–Trinajstić information content (AvgIpc) is 2.49. The predicted molar refractivity (Wildman–Crippen MR) is 90.0 cm³/mol. The van der Waals surface area contributed by atoms with E-state index in [4.69, 9.17) is 11.6 Å². The molecule has 9 heteroatoms. The molecule has 1 amide bonds. The number of amides is 1. The minimum atomic E-state index is -1.38. The van der Waals surface area contributed by atoms with Crippen LogP contribution in [0.5, 0.6) is 0 Å². The Morgan fingerprint density at radius 3 is 2.67 bits per heavy atom. The van der Waals surface area contributed by atoms with Crippen LogP contribution in [0.25, 0.3) is 0 Å². The molecular formula is C15H21ClN4O4. The van der Waals surface area contributed by atoms with Crippen LogP contribution < -0.4 is 10.6 Å². The summed E-state index contributed by atoms with van der Waals surface area (Å²) in [7, 11) is 0. The Balaban J connectivity index is 2.02. The van der Waals surface area contributed by atoms with E-state index in [0.29, 0.717) is 18.5 Å². The van der Waals surface area contributed by atoms with Gasteiger partial charge < -0.3 is 15.7 Å². The van der Waals surface area contributed by atoms with Crippen LogP contribution in [-0.4, -0.2) is 38.6 Å². The fraction of sp³-hybridized carbons (Fsp3) is 0.600. The highest BCUT2D eigenvalue weighted by molar-refractivity contribution is 6.29. The van der Waals surface area contributed by atoms with Gasteiger partial charge in [-0.2, -0.15) is 0 Å². The molecule has 1 aromatic heterocycles. The molecule has 0 aliphatic heterocycles. The van der Waals surface area contributed by atoms with Crippen LogP contribution in [0, 0.1) is 10.1 Å². The van der Waals surface area contributed by atoms with Crippen LogP contribution in [0.2, 0.25) is 5.15 Å². The van der Waals surface area contributed by atoms with Crippen molar-refractivity contribution < 1.29 is 14.8 Å². The van der Waals surface area contributed by atoms with Crippen molar-refractivity contribution in [1.29, 1.82) is 0 Å². The number of rotatable bonds is 5. The van der Waals surface area contributed by atoms with E-state index in [1.165, 1.54) is 6.07 Å². The number of aromatic nitrogens is 1. The van der Waals surface area contributed by atoms with E-state index in [2.05, 4.69) is 15.6 Å². The van der Waals surface area contributed by atoms with E-state index in [9.17, 15) is 20.0 Å². The third-order valence-corrected chi connectivity index (χ3v) is 4.27. The number of hydrogen-bond acceptors (Lipinski definition) is 6. The zero-order chi connectivity index (χ0) is 17.9. The minimum Gasteiger partial charge on any atom is -0.380 e. The number of nitrogens with one attached hydrogen (secondary N) is 2. The van der Waals surface area contributed by atoms with Gasteiger partial charge in [0.2, 0.25) is 0 Å². The normalized spacial score (nSPS) is 23.8. The number of anilines is 1. The Kier molecular flexibility index (Phi) is 5.61. The summed E-state index contributed by atoms with van der Waals surface area (Å²) in [6.07, 6.45) is 2.71. The first-order valence-electron chi connectivity index (χ1n) is 7.81. The molecule has 8 nitrogen and oxygen atoms in total. The summed E-state index contributed by atoms with van der Waals surface area (Å²) in [6.45, 7) is 3.67. The first-order chi connectivity index (χ1) is 11.2. The fourth-order valence-corrected chi connectivity index (χ4v) is 2.92. The highest BCUT2D eigenvalue weighted by atomic mass is 35.5. The van der Waals surface area contributed by atoms with Gasteiger partial charge in [-0.15, -0.1) is 0 Å². The summed E-state index contributed by atoms with van der Waals surface area (Å²) in [5, 5.41) is 27.5. The van der Waals surface area contributed by atoms with Crippen LogP contribution in [0.15, 0.2) is 12.3 Å². The standard InChI is InChI=1S/C15H21ClN4O4/c1-9(2)18-14(21)15(22)5-3-10(4-6-15)19-11-7-13(16)17-8-12(11)20(23)24/h7-10,22H,3-6H2,1-2H3,(H,17,19)(H,18,21)/t10-,15+. The molecule has 1 fully saturated rings. The second-order valence-electron chi connectivity index (χ2n) is 6.36. The van der Waals surface area contributed by atoms with Gasteiger partial charge in [-0.25, -0.2) is 4.98 Å². The SMILES string of the molecule is CC(C)NC(=O)[C@]1(O)CC[C@@H](Nc2cc(Cl)ncc2[N+](=O)[O-])CC1. The van der Waals surface area contributed by atoms with Gasteiger partial charge in [0.15, 0.2) is 0 Å². The van der Waals surface area contributed by atoms with Gasteiger partial charge in [0, 0.05) is 18.2 Å². The van der Waals surface area contributed by atoms with Crippen molar-refractivity contribution in [1.82, 2.24) is 10.3 Å². The van der Waals surface area contributed by atoms with Crippen molar-refractivity contribution in [2.24, 2.45) is 0 Å². The maximum atomic E-state index is 12.1. The van der Waals surface area contributed by atoms with Gasteiger partial charge in [0.05, 0.1) is 4.92 Å². The van der Waals surface area contributed by atoms with Crippen LogP contribution in [0.1, 0.15) is 39.5 Å². The van der Waals surface area contributed by atoms with Gasteiger partial charge in [-0.1, -0.05) is 11.6 Å². The first kappa shape index (κ1) is 18.4. The average molecular weight is 357 g/mol. The summed E-state index contributed by atoms with van der Waals surface area (Å²) in [5.74, 6) is -0.367. The number of pyridine rings is 1. The zero-order valence-electron chi connectivity index (χ0n) is 13.6. The van der Waals surface area contributed by atoms with Gasteiger partial charge in [0.1, 0.15) is 22.6 Å². The van der Waals surface area contributed by atoms with Crippen LogP contribution in [0.4, 0.5) is 11.4 Å². The largest absolute Gasteiger partial charge is 0.380 e.